The van der Waals surface area contributed by atoms with E-state index >= 15 is 0 Å². The Morgan fingerprint density at radius 3 is 2.74 bits per heavy atom. The molecule has 1 aliphatic rings. The van der Waals surface area contributed by atoms with Crippen molar-refractivity contribution in [2.75, 3.05) is 4.90 Å². The zero-order valence-corrected chi connectivity index (χ0v) is 14.6. The predicted octanol–water partition coefficient (Wildman–Crippen LogP) is 0.647. The lowest BCUT2D eigenvalue weighted by Crippen LogP contribution is -2.38. The third-order valence-electron chi connectivity index (χ3n) is 4.88. The smallest absolute Gasteiger partial charge is 0.408 e. The highest BCUT2D eigenvalue weighted by molar-refractivity contribution is 6.10. The number of anilines is 1. The van der Waals surface area contributed by atoms with E-state index in [1.807, 2.05) is 6.07 Å². The number of hydrogen-bond donors (Lipinski definition) is 2. The van der Waals surface area contributed by atoms with Crippen LogP contribution >= 0.6 is 0 Å². The van der Waals surface area contributed by atoms with Crippen molar-refractivity contribution in [1.82, 2.24) is 4.57 Å². The maximum Gasteiger partial charge on any atom is 0.419 e. The van der Waals surface area contributed by atoms with Gasteiger partial charge in [-0.3, -0.25) is 14.2 Å². The second-order valence-corrected chi connectivity index (χ2v) is 6.67. The molecule has 0 radical (unpaired) electrons. The van der Waals surface area contributed by atoms with Crippen molar-refractivity contribution in [2.24, 2.45) is 18.5 Å². The normalized spacial score (nSPS) is 14.6. The highest BCUT2D eigenvalue weighted by atomic mass is 16.4. The van der Waals surface area contributed by atoms with Crippen LogP contribution in [0, 0.1) is 0 Å². The lowest BCUT2D eigenvalue weighted by Gasteiger charge is -2.15. The number of hydrogen-bond acceptors (Lipinski definition) is 5. The molecule has 0 bridgehead atoms. The van der Waals surface area contributed by atoms with Gasteiger partial charge in [0.25, 0.3) is 5.91 Å². The van der Waals surface area contributed by atoms with Gasteiger partial charge in [0.2, 0.25) is 5.91 Å². The Balaban J connectivity index is 1.66. The SMILES string of the molecule is Cn1c(=O)oc2ccc(N3Cc4cc(C[C@H](N)C(N)=O)ccc4C3=O)cc21. The molecule has 2 amide bonds. The van der Waals surface area contributed by atoms with Gasteiger partial charge in [-0.1, -0.05) is 12.1 Å². The van der Waals surface area contributed by atoms with Crippen LogP contribution in [0.1, 0.15) is 21.5 Å². The quantitative estimate of drug-likeness (QED) is 0.701. The minimum Gasteiger partial charge on any atom is -0.408 e. The molecule has 8 nitrogen and oxygen atoms in total. The maximum absolute atomic E-state index is 12.8. The van der Waals surface area contributed by atoms with Crippen LogP contribution in [0.3, 0.4) is 0 Å². The molecule has 1 atom stereocenters. The van der Waals surface area contributed by atoms with Crippen LogP contribution in [0.5, 0.6) is 0 Å². The maximum atomic E-state index is 12.8. The third kappa shape index (κ3) is 2.80. The van der Waals surface area contributed by atoms with Crippen molar-refractivity contribution in [2.45, 2.75) is 19.0 Å². The lowest BCUT2D eigenvalue weighted by atomic mass is 10.0. The number of carbonyl (C=O) groups excluding carboxylic acids is 2. The average molecular weight is 366 g/mol. The number of oxazole rings is 1. The molecule has 138 valence electrons. The Labute approximate surface area is 154 Å². The van der Waals surface area contributed by atoms with E-state index in [9.17, 15) is 14.4 Å². The molecule has 0 unspecified atom stereocenters. The number of aromatic nitrogens is 1. The molecule has 4 rings (SSSR count). The number of fused-ring (bicyclic) bond motifs is 2. The summed E-state index contributed by atoms with van der Waals surface area (Å²) >= 11 is 0. The molecule has 1 aromatic heterocycles. The number of carbonyl (C=O) groups is 2. The largest absolute Gasteiger partial charge is 0.419 e. The molecular weight excluding hydrogens is 348 g/mol. The summed E-state index contributed by atoms with van der Waals surface area (Å²) in [5.41, 5.74) is 15.0. The Kier molecular flexibility index (Phi) is 3.85. The first-order valence-corrected chi connectivity index (χ1v) is 8.43. The van der Waals surface area contributed by atoms with Crippen molar-refractivity contribution >= 4 is 28.6 Å². The van der Waals surface area contributed by atoms with Gasteiger partial charge in [0, 0.05) is 18.3 Å². The summed E-state index contributed by atoms with van der Waals surface area (Å²) in [5, 5.41) is 0. The number of nitrogens with zero attached hydrogens (tertiary/aromatic N) is 2. The summed E-state index contributed by atoms with van der Waals surface area (Å²) in [6.07, 6.45) is 0.319. The highest BCUT2D eigenvalue weighted by Gasteiger charge is 2.29. The van der Waals surface area contributed by atoms with Gasteiger partial charge in [0.1, 0.15) is 0 Å². The van der Waals surface area contributed by atoms with Gasteiger partial charge in [0.05, 0.1) is 18.1 Å². The summed E-state index contributed by atoms with van der Waals surface area (Å²) in [6.45, 7) is 0.394. The second kappa shape index (κ2) is 6.10. The average Bonchev–Trinajstić information content (AvgIpc) is 3.11. The number of primary amides is 1. The van der Waals surface area contributed by atoms with Crippen LogP contribution in [0.4, 0.5) is 5.69 Å². The van der Waals surface area contributed by atoms with Gasteiger partial charge >= 0.3 is 5.76 Å². The van der Waals surface area contributed by atoms with Gasteiger partial charge < -0.3 is 20.8 Å². The zero-order valence-electron chi connectivity index (χ0n) is 14.6. The first-order chi connectivity index (χ1) is 12.8. The molecule has 4 N–H and O–H groups in total. The number of rotatable bonds is 4. The fourth-order valence-electron chi connectivity index (χ4n) is 3.35. The molecule has 3 aromatic rings. The van der Waals surface area contributed by atoms with E-state index in [-0.39, 0.29) is 5.91 Å². The van der Waals surface area contributed by atoms with Crippen LogP contribution in [0.2, 0.25) is 0 Å². The fraction of sp³-hybridized carbons (Fsp3) is 0.211. The summed E-state index contributed by atoms with van der Waals surface area (Å²) in [7, 11) is 1.62. The molecule has 0 fully saturated rings. The zero-order chi connectivity index (χ0) is 19.3. The van der Waals surface area contributed by atoms with Gasteiger partial charge in [-0.05, 0) is 41.8 Å². The minimum atomic E-state index is -0.763. The van der Waals surface area contributed by atoms with E-state index < -0.39 is 17.7 Å². The van der Waals surface area contributed by atoms with Gasteiger partial charge in [-0.2, -0.15) is 0 Å². The number of aryl methyl sites for hydroxylation is 1. The van der Waals surface area contributed by atoms with Crippen LogP contribution in [0.15, 0.2) is 45.6 Å². The molecule has 0 saturated carbocycles. The Morgan fingerprint density at radius 1 is 1.22 bits per heavy atom. The Morgan fingerprint density at radius 2 is 2.00 bits per heavy atom. The van der Waals surface area contributed by atoms with Crippen LogP contribution in [-0.4, -0.2) is 22.4 Å². The molecular formula is C19H18N4O4. The monoisotopic (exact) mass is 366 g/mol. The molecule has 1 aliphatic heterocycles. The van der Waals surface area contributed by atoms with E-state index in [0.29, 0.717) is 35.3 Å². The number of amides is 2. The summed E-state index contributed by atoms with van der Waals surface area (Å²) in [5.74, 6) is -1.13. The Hall–Kier alpha value is -3.39. The summed E-state index contributed by atoms with van der Waals surface area (Å²) in [4.78, 5) is 37.3. The topological polar surface area (TPSA) is 125 Å². The molecule has 8 heteroatoms. The third-order valence-corrected chi connectivity index (χ3v) is 4.88. The van der Waals surface area contributed by atoms with Gasteiger partial charge in [-0.15, -0.1) is 0 Å². The molecule has 0 saturated heterocycles. The molecule has 0 aliphatic carbocycles. The predicted molar refractivity (Wildman–Crippen MR) is 99.3 cm³/mol. The lowest BCUT2D eigenvalue weighted by molar-refractivity contribution is -0.119. The van der Waals surface area contributed by atoms with E-state index in [4.69, 9.17) is 15.9 Å². The van der Waals surface area contributed by atoms with Crippen LogP contribution in [0.25, 0.3) is 11.1 Å². The Bertz CT molecular complexity index is 1140. The first kappa shape index (κ1) is 17.0. The molecule has 2 heterocycles. The van der Waals surface area contributed by atoms with Crippen LogP contribution < -0.4 is 22.1 Å². The van der Waals surface area contributed by atoms with Crippen LogP contribution in [-0.2, 0) is 24.8 Å². The van der Waals surface area contributed by atoms with Crippen molar-refractivity contribution < 1.29 is 14.0 Å². The van der Waals surface area contributed by atoms with E-state index in [2.05, 4.69) is 0 Å². The van der Waals surface area contributed by atoms with E-state index in [1.165, 1.54) is 4.57 Å². The molecule has 0 spiro atoms. The van der Waals surface area contributed by atoms with Crippen molar-refractivity contribution in [3.63, 3.8) is 0 Å². The standard InChI is InChI=1S/C19H18N4O4/c1-22-15-8-12(3-5-16(15)27-19(22)26)23-9-11-6-10(7-14(20)17(21)24)2-4-13(11)18(23)25/h2-6,8,14H,7,9,20H2,1H3,(H2,21,24)/t14-/m0/s1. The summed E-state index contributed by atoms with van der Waals surface area (Å²) in [6, 6.07) is 9.83. The van der Waals surface area contributed by atoms with Gasteiger partial charge in [-0.25, -0.2) is 4.79 Å². The van der Waals surface area contributed by atoms with Crippen molar-refractivity contribution in [1.29, 1.82) is 0 Å². The number of nitrogens with two attached hydrogens (primary N) is 2. The second-order valence-electron chi connectivity index (χ2n) is 6.67. The molecule has 27 heavy (non-hydrogen) atoms. The van der Waals surface area contributed by atoms with E-state index in [0.717, 1.165) is 11.1 Å². The van der Waals surface area contributed by atoms with Gasteiger partial charge in [0.15, 0.2) is 5.58 Å². The number of benzene rings is 2. The minimum absolute atomic E-state index is 0.122. The summed E-state index contributed by atoms with van der Waals surface area (Å²) < 4.78 is 6.53. The van der Waals surface area contributed by atoms with Crippen molar-refractivity contribution in [3.05, 3.63) is 63.6 Å². The molecule has 2 aromatic carbocycles. The fourth-order valence-corrected chi connectivity index (χ4v) is 3.35. The first-order valence-electron chi connectivity index (χ1n) is 8.43. The highest BCUT2D eigenvalue weighted by Crippen LogP contribution is 2.31. The van der Waals surface area contributed by atoms with E-state index in [1.54, 1.807) is 42.3 Å². The van der Waals surface area contributed by atoms with Crippen molar-refractivity contribution in [3.8, 4) is 0 Å².